The van der Waals surface area contributed by atoms with E-state index in [9.17, 15) is 4.39 Å². The fraction of sp³-hybridized carbons (Fsp3) is 0.286. The Bertz CT molecular complexity index is 629. The fourth-order valence-corrected chi connectivity index (χ4v) is 2.15. The lowest BCUT2D eigenvalue weighted by molar-refractivity contribution is 0.386. The zero-order valence-electron chi connectivity index (χ0n) is 10.4. The molecule has 0 unspecified atom stereocenters. The van der Waals surface area contributed by atoms with Gasteiger partial charge >= 0.3 is 0 Å². The number of ether oxygens (including phenoxy) is 1. The Balaban J connectivity index is 2.03. The van der Waals surface area contributed by atoms with Gasteiger partial charge in [-0.2, -0.15) is 0 Å². The van der Waals surface area contributed by atoms with Crippen LogP contribution in [0.5, 0.6) is 5.75 Å². The lowest BCUT2D eigenvalue weighted by Crippen LogP contribution is -1.96. The van der Waals surface area contributed by atoms with Crippen LogP contribution in [0.1, 0.15) is 24.5 Å². The summed E-state index contributed by atoms with van der Waals surface area (Å²) in [5, 5.41) is 0.392. The molecule has 0 bridgehead atoms. The van der Waals surface area contributed by atoms with Gasteiger partial charge in [-0.3, -0.25) is 0 Å². The minimum Gasteiger partial charge on any atom is -0.494 e. The molecule has 1 aliphatic carbocycles. The number of aromatic nitrogens is 2. The highest BCUT2D eigenvalue weighted by Gasteiger charge is 2.26. The first kappa shape index (κ1) is 12.4. The summed E-state index contributed by atoms with van der Waals surface area (Å²) >= 11 is 6.00. The van der Waals surface area contributed by atoms with Crippen LogP contribution >= 0.6 is 11.6 Å². The van der Waals surface area contributed by atoms with Crippen molar-refractivity contribution >= 4 is 11.6 Å². The summed E-state index contributed by atoms with van der Waals surface area (Å²) in [4.78, 5) is 8.62. The minimum absolute atomic E-state index is 0.202. The Morgan fingerprint density at radius 3 is 2.68 bits per heavy atom. The van der Waals surface area contributed by atoms with Gasteiger partial charge < -0.3 is 4.74 Å². The molecule has 0 atom stereocenters. The van der Waals surface area contributed by atoms with E-state index in [-0.39, 0.29) is 5.75 Å². The average molecular weight is 279 g/mol. The van der Waals surface area contributed by atoms with Crippen molar-refractivity contribution in [3.05, 3.63) is 40.9 Å². The van der Waals surface area contributed by atoms with E-state index in [1.807, 2.05) is 0 Å². The highest BCUT2D eigenvalue weighted by atomic mass is 35.5. The van der Waals surface area contributed by atoms with Crippen LogP contribution in [-0.2, 0) is 0 Å². The smallest absolute Gasteiger partial charge is 0.165 e. The lowest BCUT2D eigenvalue weighted by Gasteiger charge is -2.06. The Morgan fingerprint density at radius 2 is 2.05 bits per heavy atom. The first-order valence-electron chi connectivity index (χ1n) is 6.06. The van der Waals surface area contributed by atoms with Gasteiger partial charge in [0.15, 0.2) is 17.4 Å². The van der Waals surface area contributed by atoms with Crippen molar-refractivity contribution in [2.75, 3.05) is 7.11 Å². The molecular formula is C14H12ClFN2O. The van der Waals surface area contributed by atoms with Crippen molar-refractivity contribution in [2.24, 2.45) is 0 Å². The summed E-state index contributed by atoms with van der Waals surface area (Å²) in [6.45, 7) is 0. The van der Waals surface area contributed by atoms with Crippen LogP contribution in [0, 0.1) is 5.82 Å². The molecule has 98 valence electrons. The van der Waals surface area contributed by atoms with E-state index in [2.05, 4.69) is 9.97 Å². The normalized spacial score (nSPS) is 14.5. The van der Waals surface area contributed by atoms with Gasteiger partial charge in [-0.25, -0.2) is 14.4 Å². The van der Waals surface area contributed by atoms with E-state index in [0.717, 1.165) is 18.5 Å². The van der Waals surface area contributed by atoms with Crippen molar-refractivity contribution in [3.63, 3.8) is 0 Å². The molecule has 1 aromatic heterocycles. The highest BCUT2D eigenvalue weighted by Crippen LogP contribution is 2.40. The molecule has 0 radical (unpaired) electrons. The van der Waals surface area contributed by atoms with Crippen LogP contribution in [0.25, 0.3) is 11.4 Å². The Morgan fingerprint density at radius 1 is 1.26 bits per heavy atom. The Kier molecular flexibility index (Phi) is 3.11. The summed E-state index contributed by atoms with van der Waals surface area (Å²) in [7, 11) is 1.43. The standard InChI is InChI=1S/C14H12ClFN2O/c1-19-12-5-4-9(6-10(12)16)14-17-11(8-2-3-8)7-13(15)18-14/h4-8H,2-3H2,1H3. The van der Waals surface area contributed by atoms with Gasteiger partial charge in [0.25, 0.3) is 0 Å². The molecule has 2 aromatic rings. The Hall–Kier alpha value is -1.68. The number of halogens is 2. The first-order valence-corrected chi connectivity index (χ1v) is 6.43. The van der Waals surface area contributed by atoms with Gasteiger partial charge in [-0.1, -0.05) is 11.6 Å². The molecule has 1 aromatic carbocycles. The molecule has 5 heteroatoms. The van der Waals surface area contributed by atoms with Gasteiger partial charge in [0.2, 0.25) is 0 Å². The molecule has 3 nitrogen and oxygen atoms in total. The Labute approximate surface area is 115 Å². The quantitative estimate of drug-likeness (QED) is 0.801. The number of methoxy groups -OCH3 is 1. The molecule has 0 N–H and O–H groups in total. The number of benzene rings is 1. The monoisotopic (exact) mass is 278 g/mol. The van der Waals surface area contributed by atoms with Crippen molar-refractivity contribution in [3.8, 4) is 17.1 Å². The van der Waals surface area contributed by atoms with Gasteiger partial charge in [0, 0.05) is 17.2 Å². The fourth-order valence-electron chi connectivity index (χ4n) is 1.96. The summed E-state index contributed by atoms with van der Waals surface area (Å²) in [6, 6.07) is 6.43. The first-order chi connectivity index (χ1) is 9.17. The van der Waals surface area contributed by atoms with E-state index in [4.69, 9.17) is 16.3 Å². The lowest BCUT2D eigenvalue weighted by atomic mass is 10.2. The summed E-state index contributed by atoms with van der Waals surface area (Å²) < 4.78 is 18.6. The third-order valence-electron chi connectivity index (χ3n) is 3.12. The second kappa shape index (κ2) is 4.78. The largest absolute Gasteiger partial charge is 0.494 e. The third-order valence-corrected chi connectivity index (χ3v) is 3.31. The number of nitrogens with zero attached hydrogens (tertiary/aromatic N) is 2. The second-order valence-corrected chi connectivity index (χ2v) is 4.95. The molecule has 0 spiro atoms. The predicted octanol–water partition coefficient (Wildman–Crippen LogP) is 3.82. The van der Waals surface area contributed by atoms with E-state index >= 15 is 0 Å². The van der Waals surface area contributed by atoms with E-state index in [1.165, 1.54) is 13.2 Å². The number of rotatable bonds is 3. The second-order valence-electron chi connectivity index (χ2n) is 4.56. The maximum Gasteiger partial charge on any atom is 0.165 e. The van der Waals surface area contributed by atoms with E-state index < -0.39 is 5.82 Å². The molecule has 0 aliphatic heterocycles. The zero-order chi connectivity index (χ0) is 13.4. The van der Waals surface area contributed by atoms with Crippen molar-refractivity contribution in [1.29, 1.82) is 0 Å². The van der Waals surface area contributed by atoms with E-state index in [1.54, 1.807) is 18.2 Å². The summed E-state index contributed by atoms with van der Waals surface area (Å²) in [5.74, 6) is 0.697. The maximum atomic E-state index is 13.7. The highest BCUT2D eigenvalue weighted by molar-refractivity contribution is 6.29. The van der Waals surface area contributed by atoms with Crippen LogP contribution < -0.4 is 4.74 Å². The molecule has 1 fully saturated rings. The number of hydrogen-bond acceptors (Lipinski definition) is 3. The zero-order valence-corrected chi connectivity index (χ0v) is 11.1. The van der Waals surface area contributed by atoms with Crippen LogP contribution in [0.2, 0.25) is 5.15 Å². The third kappa shape index (κ3) is 2.54. The molecule has 19 heavy (non-hydrogen) atoms. The topological polar surface area (TPSA) is 35.0 Å². The van der Waals surface area contributed by atoms with Crippen LogP contribution in [0.3, 0.4) is 0 Å². The average Bonchev–Trinajstić information content (AvgIpc) is 3.22. The molecule has 0 saturated heterocycles. The SMILES string of the molecule is COc1ccc(-c2nc(Cl)cc(C3CC3)n2)cc1F. The van der Waals surface area contributed by atoms with Crippen molar-refractivity contribution < 1.29 is 9.13 Å². The predicted molar refractivity (Wildman–Crippen MR) is 71.0 cm³/mol. The van der Waals surface area contributed by atoms with Gasteiger partial charge in [-0.05, 0) is 37.1 Å². The van der Waals surface area contributed by atoms with Crippen LogP contribution in [0.15, 0.2) is 24.3 Å². The van der Waals surface area contributed by atoms with Gasteiger partial charge in [-0.15, -0.1) is 0 Å². The minimum atomic E-state index is -0.434. The summed E-state index contributed by atoms with van der Waals surface area (Å²) in [5.41, 5.74) is 1.54. The molecule has 3 rings (SSSR count). The van der Waals surface area contributed by atoms with Gasteiger partial charge in [0.1, 0.15) is 5.15 Å². The van der Waals surface area contributed by atoms with Gasteiger partial charge in [0.05, 0.1) is 7.11 Å². The van der Waals surface area contributed by atoms with Crippen molar-refractivity contribution in [2.45, 2.75) is 18.8 Å². The van der Waals surface area contributed by atoms with Crippen molar-refractivity contribution in [1.82, 2.24) is 9.97 Å². The molecule has 1 aliphatic rings. The molecule has 1 heterocycles. The maximum absolute atomic E-state index is 13.7. The molecule has 0 amide bonds. The molecule has 1 saturated carbocycles. The van der Waals surface area contributed by atoms with Crippen LogP contribution in [-0.4, -0.2) is 17.1 Å². The number of hydrogen-bond donors (Lipinski definition) is 0. The molecular weight excluding hydrogens is 267 g/mol. The van der Waals surface area contributed by atoms with Crippen LogP contribution in [0.4, 0.5) is 4.39 Å². The van der Waals surface area contributed by atoms with E-state index in [0.29, 0.717) is 22.5 Å². The summed E-state index contributed by atoms with van der Waals surface area (Å²) in [6.07, 6.45) is 2.26.